The van der Waals surface area contributed by atoms with Crippen LogP contribution in [0.3, 0.4) is 0 Å². The van der Waals surface area contributed by atoms with Gasteiger partial charge in [-0.15, -0.1) is 0 Å². The zero-order chi connectivity index (χ0) is 21.8. The molecule has 1 saturated heterocycles. The van der Waals surface area contributed by atoms with Crippen molar-refractivity contribution in [3.8, 4) is 11.8 Å². The molecule has 30 heavy (non-hydrogen) atoms. The Labute approximate surface area is 179 Å². The van der Waals surface area contributed by atoms with Gasteiger partial charge in [0.2, 0.25) is 11.8 Å². The molecule has 2 amide bonds. The number of carbonyl (C=O) groups is 3. The van der Waals surface area contributed by atoms with Crippen LogP contribution in [0.4, 0.5) is 5.69 Å². The molecule has 1 atom stereocenters. The van der Waals surface area contributed by atoms with Crippen LogP contribution < -0.4 is 9.64 Å². The number of amides is 2. The molecule has 2 aromatic rings. The second-order valence-electron chi connectivity index (χ2n) is 7.33. The molecule has 1 unspecified atom stereocenters. The second-order valence-corrected chi connectivity index (χ2v) is 8.52. The Bertz CT molecular complexity index is 1030. The lowest BCUT2D eigenvalue weighted by atomic mass is 10.1. The highest BCUT2D eigenvalue weighted by molar-refractivity contribution is 8.00. The zero-order valence-corrected chi connectivity index (χ0v) is 17.7. The van der Waals surface area contributed by atoms with Crippen LogP contribution >= 0.6 is 11.8 Å². The molecule has 1 aliphatic rings. The normalized spacial score (nSPS) is 16.1. The quantitative estimate of drug-likeness (QED) is 0.398. The van der Waals surface area contributed by atoms with Crippen molar-refractivity contribution in [3.63, 3.8) is 0 Å². The first-order chi connectivity index (χ1) is 14.3. The highest BCUT2D eigenvalue weighted by Gasteiger charge is 2.40. The highest BCUT2D eigenvalue weighted by atomic mass is 32.2. The number of nitriles is 1. The SMILES string of the molecule is CC(=O)Oc1ccc(N2C(=O)CC(Sc3nc(CC(C)C)ccc3C#N)C2=O)cc1. The topological polar surface area (TPSA) is 100 Å². The van der Waals surface area contributed by atoms with E-state index in [1.165, 1.54) is 19.1 Å². The summed E-state index contributed by atoms with van der Waals surface area (Å²) >= 11 is 1.15. The molecule has 1 aromatic carbocycles. The summed E-state index contributed by atoms with van der Waals surface area (Å²) in [6.45, 7) is 5.45. The number of pyridine rings is 1. The summed E-state index contributed by atoms with van der Waals surface area (Å²) in [6, 6.07) is 11.8. The number of hydrogen-bond acceptors (Lipinski definition) is 7. The molecule has 8 heteroatoms. The molecule has 0 radical (unpaired) electrons. The first-order valence-electron chi connectivity index (χ1n) is 9.50. The fraction of sp³-hybridized carbons (Fsp3) is 0.318. The molecule has 0 aliphatic carbocycles. The predicted octanol–water partition coefficient (Wildman–Crippen LogP) is 3.50. The van der Waals surface area contributed by atoms with Gasteiger partial charge in [-0.2, -0.15) is 5.26 Å². The lowest BCUT2D eigenvalue weighted by Crippen LogP contribution is -2.31. The molecule has 1 aliphatic heterocycles. The molecule has 0 saturated carbocycles. The Morgan fingerprint density at radius 3 is 2.57 bits per heavy atom. The summed E-state index contributed by atoms with van der Waals surface area (Å²) in [5.74, 6) is -0.391. The molecule has 3 rings (SSSR count). The van der Waals surface area contributed by atoms with E-state index in [-0.39, 0.29) is 18.2 Å². The molecule has 0 bridgehead atoms. The molecular formula is C22H21N3O4S. The Morgan fingerprint density at radius 1 is 1.27 bits per heavy atom. The third kappa shape index (κ3) is 4.86. The molecule has 2 heterocycles. The standard InChI is InChI=1S/C22H21N3O4S/c1-13(2)10-16-5-4-15(12-23)21(24-16)30-19-11-20(27)25(22(19)28)17-6-8-18(9-7-17)29-14(3)26/h4-9,13,19H,10-11H2,1-3H3. The van der Waals surface area contributed by atoms with Crippen LogP contribution in [0.15, 0.2) is 41.4 Å². The third-order valence-corrected chi connectivity index (χ3v) is 5.56. The van der Waals surface area contributed by atoms with E-state index in [2.05, 4.69) is 24.9 Å². The van der Waals surface area contributed by atoms with Crippen molar-refractivity contribution >= 4 is 35.2 Å². The monoisotopic (exact) mass is 423 g/mol. The van der Waals surface area contributed by atoms with Crippen molar-refractivity contribution < 1.29 is 19.1 Å². The van der Waals surface area contributed by atoms with Gasteiger partial charge in [-0.3, -0.25) is 14.4 Å². The minimum atomic E-state index is -0.653. The Balaban J connectivity index is 1.80. The van der Waals surface area contributed by atoms with Crippen LogP contribution in [0, 0.1) is 17.2 Å². The van der Waals surface area contributed by atoms with E-state index < -0.39 is 11.2 Å². The summed E-state index contributed by atoms with van der Waals surface area (Å²) in [5.41, 5.74) is 1.64. The number of anilines is 1. The Morgan fingerprint density at radius 2 is 1.97 bits per heavy atom. The van der Waals surface area contributed by atoms with Crippen LogP contribution in [-0.2, 0) is 20.8 Å². The zero-order valence-electron chi connectivity index (χ0n) is 16.9. The van der Waals surface area contributed by atoms with E-state index >= 15 is 0 Å². The Hall–Kier alpha value is -3.18. The highest BCUT2D eigenvalue weighted by Crippen LogP contribution is 2.35. The minimum Gasteiger partial charge on any atom is -0.427 e. The van der Waals surface area contributed by atoms with Gasteiger partial charge in [0.25, 0.3) is 0 Å². The number of ether oxygens (including phenoxy) is 1. The smallest absolute Gasteiger partial charge is 0.308 e. The number of carbonyl (C=O) groups excluding carboxylic acids is 3. The molecule has 0 N–H and O–H groups in total. The minimum absolute atomic E-state index is 0.0240. The first kappa shape index (κ1) is 21.5. The summed E-state index contributed by atoms with van der Waals surface area (Å²) in [4.78, 5) is 42.2. The van der Waals surface area contributed by atoms with Crippen molar-refractivity contribution in [1.82, 2.24) is 4.98 Å². The lowest BCUT2D eigenvalue weighted by Gasteiger charge is -2.15. The van der Waals surface area contributed by atoms with Gasteiger partial charge in [0.1, 0.15) is 16.8 Å². The van der Waals surface area contributed by atoms with Gasteiger partial charge >= 0.3 is 5.97 Å². The predicted molar refractivity (Wildman–Crippen MR) is 112 cm³/mol. The average molecular weight is 423 g/mol. The lowest BCUT2D eigenvalue weighted by molar-refractivity contribution is -0.132. The molecule has 7 nitrogen and oxygen atoms in total. The van der Waals surface area contributed by atoms with E-state index in [1.807, 2.05) is 6.07 Å². The fourth-order valence-electron chi connectivity index (χ4n) is 3.12. The van der Waals surface area contributed by atoms with Crippen LogP contribution in [0.5, 0.6) is 5.75 Å². The van der Waals surface area contributed by atoms with Crippen molar-refractivity contribution in [2.75, 3.05) is 4.90 Å². The van der Waals surface area contributed by atoms with E-state index in [4.69, 9.17) is 4.74 Å². The van der Waals surface area contributed by atoms with Gasteiger partial charge in [-0.1, -0.05) is 25.6 Å². The van der Waals surface area contributed by atoms with Crippen LogP contribution in [-0.4, -0.2) is 28.0 Å². The van der Waals surface area contributed by atoms with Gasteiger partial charge < -0.3 is 4.74 Å². The number of imide groups is 1. The van der Waals surface area contributed by atoms with Gasteiger partial charge in [-0.05, 0) is 48.7 Å². The average Bonchev–Trinajstić information content (AvgIpc) is 2.95. The summed E-state index contributed by atoms with van der Waals surface area (Å²) in [7, 11) is 0. The van der Waals surface area contributed by atoms with Crippen LogP contribution in [0.25, 0.3) is 0 Å². The number of nitrogens with zero attached hydrogens (tertiary/aromatic N) is 3. The number of benzene rings is 1. The second kappa shape index (κ2) is 9.09. The van der Waals surface area contributed by atoms with Crippen LogP contribution in [0.1, 0.15) is 38.4 Å². The van der Waals surface area contributed by atoms with Crippen molar-refractivity contribution in [3.05, 3.63) is 47.7 Å². The van der Waals surface area contributed by atoms with E-state index in [0.29, 0.717) is 27.9 Å². The Kier molecular flexibility index (Phi) is 6.53. The van der Waals surface area contributed by atoms with E-state index in [0.717, 1.165) is 28.8 Å². The van der Waals surface area contributed by atoms with Gasteiger partial charge in [0, 0.05) is 19.0 Å². The van der Waals surface area contributed by atoms with Gasteiger partial charge in [0.05, 0.1) is 16.5 Å². The number of thioether (sulfide) groups is 1. The number of esters is 1. The van der Waals surface area contributed by atoms with Crippen LogP contribution in [0.2, 0.25) is 0 Å². The molecule has 0 spiro atoms. The maximum atomic E-state index is 12.9. The summed E-state index contributed by atoms with van der Waals surface area (Å²) in [5, 5.41) is 9.21. The largest absolute Gasteiger partial charge is 0.427 e. The van der Waals surface area contributed by atoms with Crippen molar-refractivity contribution in [2.24, 2.45) is 5.92 Å². The maximum Gasteiger partial charge on any atom is 0.308 e. The number of hydrogen-bond donors (Lipinski definition) is 0. The van der Waals surface area contributed by atoms with Crippen molar-refractivity contribution in [2.45, 2.75) is 43.9 Å². The van der Waals surface area contributed by atoms with E-state index in [1.54, 1.807) is 18.2 Å². The fourth-order valence-corrected chi connectivity index (χ4v) is 4.23. The molecular weight excluding hydrogens is 402 g/mol. The molecule has 154 valence electrons. The summed E-state index contributed by atoms with van der Waals surface area (Å²) < 4.78 is 4.98. The molecule has 1 fully saturated rings. The van der Waals surface area contributed by atoms with E-state index in [9.17, 15) is 19.6 Å². The van der Waals surface area contributed by atoms with Gasteiger partial charge in [-0.25, -0.2) is 9.88 Å². The first-order valence-corrected chi connectivity index (χ1v) is 10.4. The number of rotatable bonds is 6. The third-order valence-electron chi connectivity index (χ3n) is 4.37. The summed E-state index contributed by atoms with van der Waals surface area (Å²) in [6.07, 6.45) is 0.785. The van der Waals surface area contributed by atoms with Crippen molar-refractivity contribution in [1.29, 1.82) is 5.26 Å². The maximum absolute atomic E-state index is 12.9. The number of aromatic nitrogens is 1. The van der Waals surface area contributed by atoms with Gasteiger partial charge in [0.15, 0.2) is 0 Å². The molecule has 1 aromatic heterocycles.